The van der Waals surface area contributed by atoms with Crippen LogP contribution < -0.4 is 5.43 Å². The van der Waals surface area contributed by atoms with Crippen molar-refractivity contribution in [1.82, 2.24) is 0 Å². The third-order valence-electron chi connectivity index (χ3n) is 0.961. The number of carbonyl (C=O) groups is 1. The highest BCUT2D eigenvalue weighted by atomic mass is 35.5. The maximum absolute atomic E-state index is 10.8. The van der Waals surface area contributed by atoms with E-state index >= 15 is 0 Å². The molecule has 1 aromatic rings. The SMILES string of the molecule is O=C(Cl)c1csccc1=O. The molecule has 10 heavy (non-hydrogen) atoms. The standard InChI is InChI=1S/C6H3ClO2S/c7-6(9)4-3-10-2-1-5(4)8/h1-3H. The molecule has 1 rings (SSSR count). The Labute approximate surface area is 66.1 Å². The second kappa shape index (κ2) is 2.94. The topological polar surface area (TPSA) is 34.1 Å². The predicted molar refractivity (Wildman–Crippen MR) is 40.8 cm³/mol. The van der Waals surface area contributed by atoms with E-state index < -0.39 is 5.24 Å². The number of hydrogen-bond donors (Lipinski definition) is 0. The fourth-order valence-electron chi connectivity index (χ4n) is 0.499. The lowest BCUT2D eigenvalue weighted by atomic mass is 10.3. The summed E-state index contributed by atoms with van der Waals surface area (Å²) in [6.07, 6.45) is 0. The highest BCUT2D eigenvalue weighted by molar-refractivity contribution is 7.07. The Balaban J connectivity index is 3.29. The van der Waals surface area contributed by atoms with Crippen molar-refractivity contribution in [2.75, 3.05) is 0 Å². The van der Waals surface area contributed by atoms with E-state index in [1.807, 2.05) is 0 Å². The van der Waals surface area contributed by atoms with Crippen molar-refractivity contribution in [1.29, 1.82) is 0 Å². The molecule has 0 radical (unpaired) electrons. The van der Waals surface area contributed by atoms with Crippen molar-refractivity contribution in [2.45, 2.75) is 0 Å². The summed E-state index contributed by atoms with van der Waals surface area (Å²) < 4.78 is 0. The molecule has 0 unspecified atom stereocenters. The minimum atomic E-state index is -0.693. The van der Waals surface area contributed by atoms with E-state index in [2.05, 4.69) is 0 Å². The molecule has 2 nitrogen and oxygen atoms in total. The first-order valence-corrected chi connectivity index (χ1v) is 3.80. The van der Waals surface area contributed by atoms with Crippen LogP contribution in [0.4, 0.5) is 0 Å². The van der Waals surface area contributed by atoms with Gasteiger partial charge in [-0.2, -0.15) is 11.3 Å². The van der Waals surface area contributed by atoms with Crippen LogP contribution in [0, 0.1) is 0 Å². The average Bonchev–Trinajstić information content (AvgIpc) is 1.88. The number of hydrogen-bond acceptors (Lipinski definition) is 3. The number of halogens is 1. The highest BCUT2D eigenvalue weighted by Gasteiger charge is 2.03. The zero-order chi connectivity index (χ0) is 7.56. The van der Waals surface area contributed by atoms with Crippen molar-refractivity contribution in [2.24, 2.45) is 0 Å². The molecule has 0 atom stereocenters. The molecule has 0 amide bonds. The van der Waals surface area contributed by atoms with Crippen LogP contribution in [0.25, 0.3) is 0 Å². The minimum Gasteiger partial charge on any atom is -0.289 e. The second-order valence-electron chi connectivity index (χ2n) is 1.61. The molecule has 0 aromatic carbocycles. The van der Waals surface area contributed by atoms with Gasteiger partial charge in [0.25, 0.3) is 5.24 Å². The van der Waals surface area contributed by atoms with Crippen LogP contribution in [-0.2, 0) is 0 Å². The Morgan fingerprint density at radius 1 is 1.60 bits per heavy atom. The van der Waals surface area contributed by atoms with Crippen LogP contribution in [0.2, 0.25) is 0 Å². The van der Waals surface area contributed by atoms with E-state index in [-0.39, 0.29) is 11.0 Å². The highest BCUT2D eigenvalue weighted by Crippen LogP contribution is 2.00. The number of carbonyl (C=O) groups excluding carboxylic acids is 1. The third kappa shape index (κ3) is 1.43. The van der Waals surface area contributed by atoms with Crippen molar-refractivity contribution < 1.29 is 4.79 Å². The van der Waals surface area contributed by atoms with Gasteiger partial charge in [0.2, 0.25) is 0 Å². The smallest absolute Gasteiger partial charge is 0.257 e. The summed E-state index contributed by atoms with van der Waals surface area (Å²) in [5.41, 5.74) is -0.270. The van der Waals surface area contributed by atoms with Gasteiger partial charge < -0.3 is 0 Å². The molecule has 1 heterocycles. The Morgan fingerprint density at radius 2 is 2.30 bits per heavy atom. The van der Waals surface area contributed by atoms with Crippen LogP contribution >= 0.6 is 22.9 Å². The molecule has 0 bridgehead atoms. The molecular formula is C6H3ClO2S. The van der Waals surface area contributed by atoms with E-state index in [9.17, 15) is 9.59 Å². The van der Waals surface area contributed by atoms with E-state index in [0.717, 1.165) is 0 Å². The zero-order valence-electron chi connectivity index (χ0n) is 4.83. The lowest BCUT2D eigenvalue weighted by Crippen LogP contribution is -2.07. The van der Waals surface area contributed by atoms with Crippen molar-refractivity contribution in [3.05, 3.63) is 32.6 Å². The molecular weight excluding hydrogens is 172 g/mol. The maximum atomic E-state index is 10.8. The summed E-state index contributed by atoms with van der Waals surface area (Å²) in [7, 11) is 0. The van der Waals surface area contributed by atoms with Crippen LogP contribution in [0.15, 0.2) is 21.6 Å². The Hall–Kier alpha value is -0.670. The monoisotopic (exact) mass is 174 g/mol. The maximum Gasteiger partial charge on any atom is 0.257 e. The molecule has 0 fully saturated rings. The molecule has 0 aliphatic rings. The van der Waals surface area contributed by atoms with Crippen LogP contribution in [0.1, 0.15) is 10.4 Å². The largest absolute Gasteiger partial charge is 0.289 e. The van der Waals surface area contributed by atoms with Gasteiger partial charge in [-0.1, -0.05) is 0 Å². The molecule has 0 aliphatic carbocycles. The Bertz CT molecular complexity index is 305. The van der Waals surface area contributed by atoms with Crippen molar-refractivity contribution in [3.8, 4) is 0 Å². The molecule has 52 valence electrons. The molecule has 0 saturated heterocycles. The van der Waals surface area contributed by atoms with Gasteiger partial charge in [0.15, 0.2) is 5.43 Å². The predicted octanol–water partition coefficient (Wildman–Crippen LogP) is 1.49. The van der Waals surface area contributed by atoms with Gasteiger partial charge in [0.05, 0.1) is 5.56 Å². The lowest BCUT2D eigenvalue weighted by Gasteiger charge is -1.86. The first-order valence-electron chi connectivity index (χ1n) is 2.48. The van der Waals surface area contributed by atoms with Gasteiger partial charge in [-0.15, -0.1) is 0 Å². The van der Waals surface area contributed by atoms with Gasteiger partial charge in [0.1, 0.15) is 0 Å². The zero-order valence-corrected chi connectivity index (χ0v) is 6.41. The molecule has 4 heteroatoms. The van der Waals surface area contributed by atoms with Gasteiger partial charge in [-0.25, -0.2) is 0 Å². The van der Waals surface area contributed by atoms with Gasteiger partial charge in [0, 0.05) is 5.38 Å². The van der Waals surface area contributed by atoms with E-state index in [1.54, 1.807) is 5.38 Å². The summed E-state index contributed by atoms with van der Waals surface area (Å²) in [6, 6.07) is 1.32. The van der Waals surface area contributed by atoms with Crippen molar-refractivity contribution >= 4 is 28.2 Å². The fourth-order valence-corrected chi connectivity index (χ4v) is 1.35. The second-order valence-corrected chi connectivity index (χ2v) is 2.73. The van der Waals surface area contributed by atoms with E-state index in [0.29, 0.717) is 0 Å². The molecule has 0 spiro atoms. The molecule has 1 aromatic heterocycles. The van der Waals surface area contributed by atoms with E-state index in [4.69, 9.17) is 11.6 Å². The molecule has 0 N–H and O–H groups in total. The van der Waals surface area contributed by atoms with Crippen LogP contribution in [0.5, 0.6) is 0 Å². The van der Waals surface area contributed by atoms with Gasteiger partial charge in [-0.05, 0) is 23.0 Å². The van der Waals surface area contributed by atoms with Crippen LogP contribution in [0.3, 0.4) is 0 Å². The van der Waals surface area contributed by atoms with Crippen LogP contribution in [-0.4, -0.2) is 5.24 Å². The third-order valence-corrected chi connectivity index (χ3v) is 1.83. The Morgan fingerprint density at radius 3 is 2.70 bits per heavy atom. The Kier molecular flexibility index (Phi) is 2.19. The van der Waals surface area contributed by atoms with E-state index in [1.165, 1.54) is 22.8 Å². The summed E-state index contributed by atoms with van der Waals surface area (Å²) in [6.45, 7) is 0. The summed E-state index contributed by atoms with van der Waals surface area (Å²) in [5, 5.41) is 2.35. The first-order chi connectivity index (χ1) is 4.72. The van der Waals surface area contributed by atoms with Gasteiger partial charge >= 0.3 is 0 Å². The summed E-state index contributed by atoms with van der Waals surface area (Å²) in [5.74, 6) is 0. The van der Waals surface area contributed by atoms with Crippen molar-refractivity contribution in [3.63, 3.8) is 0 Å². The average molecular weight is 175 g/mol. The summed E-state index contributed by atoms with van der Waals surface area (Å²) >= 11 is 6.34. The quantitative estimate of drug-likeness (QED) is 0.605. The first kappa shape index (κ1) is 7.44. The molecule has 0 aliphatic heterocycles. The molecule has 0 saturated carbocycles. The fraction of sp³-hybridized carbons (Fsp3) is 0. The normalized spacial score (nSPS) is 9.30. The van der Waals surface area contributed by atoms with Gasteiger partial charge in [-0.3, -0.25) is 9.59 Å². The lowest BCUT2D eigenvalue weighted by molar-refractivity contribution is 0.108. The number of rotatable bonds is 1. The minimum absolute atomic E-state index is 0.0502. The summed E-state index contributed by atoms with van der Waals surface area (Å²) in [4.78, 5) is 21.2.